The summed E-state index contributed by atoms with van der Waals surface area (Å²) in [5, 5.41) is 4.23. The van der Waals surface area contributed by atoms with Gasteiger partial charge in [-0.15, -0.1) is 0 Å². The average molecular weight is 348 g/mol. The zero-order valence-electron chi connectivity index (χ0n) is 11.0. The molecule has 19 heavy (non-hydrogen) atoms. The van der Waals surface area contributed by atoms with E-state index < -0.39 is 0 Å². The van der Waals surface area contributed by atoms with Gasteiger partial charge in [-0.2, -0.15) is 0 Å². The van der Waals surface area contributed by atoms with Crippen molar-refractivity contribution in [1.29, 1.82) is 0 Å². The summed E-state index contributed by atoms with van der Waals surface area (Å²) in [5.74, 6) is 0. The van der Waals surface area contributed by atoms with Gasteiger partial charge in [-0.1, -0.05) is 17.7 Å². The maximum atomic E-state index is 6.06. The van der Waals surface area contributed by atoms with Crippen molar-refractivity contribution < 1.29 is 4.74 Å². The van der Waals surface area contributed by atoms with Gasteiger partial charge in [0.1, 0.15) is 0 Å². The molecule has 2 rings (SSSR count). The molecule has 1 aromatic rings. The number of nitrogens with one attached hydrogen (secondary N) is 1. The molecule has 1 aromatic carbocycles. The summed E-state index contributed by atoms with van der Waals surface area (Å²) < 4.78 is 6.28. The molecule has 0 aliphatic carbocycles. The van der Waals surface area contributed by atoms with Gasteiger partial charge in [0.15, 0.2) is 0 Å². The average Bonchev–Trinajstić information content (AvgIpc) is 2.43. The molecule has 0 unspecified atom stereocenters. The molecule has 0 aromatic heterocycles. The minimum atomic E-state index is 0.771. The van der Waals surface area contributed by atoms with Crippen LogP contribution >= 0.6 is 27.5 Å². The minimum absolute atomic E-state index is 0.771. The van der Waals surface area contributed by atoms with Crippen LogP contribution in [0.4, 0.5) is 0 Å². The van der Waals surface area contributed by atoms with E-state index in [2.05, 4.69) is 32.2 Å². The molecule has 1 heterocycles. The van der Waals surface area contributed by atoms with E-state index in [0.29, 0.717) is 0 Å². The zero-order chi connectivity index (χ0) is 13.5. The van der Waals surface area contributed by atoms with Crippen LogP contribution < -0.4 is 5.32 Å². The van der Waals surface area contributed by atoms with Crippen LogP contribution in [-0.2, 0) is 11.3 Å². The zero-order valence-corrected chi connectivity index (χ0v) is 13.3. The lowest BCUT2D eigenvalue weighted by atomic mass is 10.2. The SMILES string of the molecule is Clc1cc(CNCCCN2CCOCC2)ccc1Br. The number of rotatable bonds is 6. The molecular weight excluding hydrogens is 328 g/mol. The molecule has 0 saturated carbocycles. The van der Waals surface area contributed by atoms with Gasteiger partial charge in [0.25, 0.3) is 0 Å². The predicted molar refractivity (Wildman–Crippen MR) is 82.7 cm³/mol. The second-order valence-electron chi connectivity index (χ2n) is 4.73. The first-order valence-electron chi connectivity index (χ1n) is 6.70. The van der Waals surface area contributed by atoms with Gasteiger partial charge in [0, 0.05) is 24.1 Å². The van der Waals surface area contributed by atoms with Gasteiger partial charge >= 0.3 is 0 Å². The van der Waals surface area contributed by atoms with E-state index in [1.165, 1.54) is 12.0 Å². The Bertz CT molecular complexity index is 397. The fraction of sp³-hybridized carbons (Fsp3) is 0.571. The highest BCUT2D eigenvalue weighted by atomic mass is 79.9. The maximum Gasteiger partial charge on any atom is 0.0594 e. The fourth-order valence-electron chi connectivity index (χ4n) is 2.13. The van der Waals surface area contributed by atoms with Crippen molar-refractivity contribution in [2.45, 2.75) is 13.0 Å². The third-order valence-corrected chi connectivity index (χ3v) is 4.48. The summed E-state index contributed by atoms with van der Waals surface area (Å²) in [7, 11) is 0. The second-order valence-corrected chi connectivity index (χ2v) is 5.99. The molecule has 1 aliphatic heterocycles. The monoisotopic (exact) mass is 346 g/mol. The van der Waals surface area contributed by atoms with Gasteiger partial charge in [-0.3, -0.25) is 4.90 Å². The van der Waals surface area contributed by atoms with E-state index in [-0.39, 0.29) is 0 Å². The van der Waals surface area contributed by atoms with Crippen molar-refractivity contribution in [3.8, 4) is 0 Å². The van der Waals surface area contributed by atoms with Gasteiger partial charge in [0.05, 0.1) is 18.2 Å². The largest absolute Gasteiger partial charge is 0.379 e. The first kappa shape index (κ1) is 15.3. The van der Waals surface area contributed by atoms with Crippen LogP contribution in [0.2, 0.25) is 5.02 Å². The molecule has 5 heteroatoms. The highest BCUT2D eigenvalue weighted by molar-refractivity contribution is 9.10. The Morgan fingerprint density at radius 1 is 1.32 bits per heavy atom. The maximum absolute atomic E-state index is 6.06. The summed E-state index contributed by atoms with van der Waals surface area (Å²) in [5.41, 5.74) is 1.22. The molecule has 0 atom stereocenters. The van der Waals surface area contributed by atoms with Crippen molar-refractivity contribution in [3.63, 3.8) is 0 Å². The van der Waals surface area contributed by atoms with E-state index in [0.717, 1.165) is 55.4 Å². The molecule has 0 amide bonds. The summed E-state index contributed by atoms with van der Waals surface area (Å²) in [6.07, 6.45) is 1.17. The lowest BCUT2D eigenvalue weighted by molar-refractivity contribution is 0.0374. The van der Waals surface area contributed by atoms with Crippen molar-refractivity contribution in [3.05, 3.63) is 33.3 Å². The Balaban J connectivity index is 1.59. The quantitative estimate of drug-likeness (QED) is 0.801. The Kier molecular flexibility index (Phi) is 6.61. The van der Waals surface area contributed by atoms with Crippen LogP contribution in [0.3, 0.4) is 0 Å². The Morgan fingerprint density at radius 2 is 2.11 bits per heavy atom. The van der Waals surface area contributed by atoms with Crippen molar-refractivity contribution in [2.24, 2.45) is 0 Å². The Hall–Kier alpha value is -0.130. The molecule has 1 N–H and O–H groups in total. The van der Waals surface area contributed by atoms with Gasteiger partial charge in [0.2, 0.25) is 0 Å². The van der Waals surface area contributed by atoms with E-state index in [9.17, 15) is 0 Å². The van der Waals surface area contributed by atoms with E-state index in [1.807, 2.05) is 12.1 Å². The molecule has 0 bridgehead atoms. The normalized spacial score (nSPS) is 16.7. The molecule has 0 radical (unpaired) electrons. The lowest BCUT2D eigenvalue weighted by Crippen LogP contribution is -2.37. The van der Waals surface area contributed by atoms with Crippen LogP contribution in [-0.4, -0.2) is 44.3 Å². The van der Waals surface area contributed by atoms with E-state index >= 15 is 0 Å². The number of hydrogen-bond donors (Lipinski definition) is 1. The van der Waals surface area contributed by atoms with Gasteiger partial charge < -0.3 is 10.1 Å². The molecule has 3 nitrogen and oxygen atoms in total. The lowest BCUT2D eigenvalue weighted by Gasteiger charge is -2.26. The molecule has 106 valence electrons. The Labute approximate surface area is 128 Å². The predicted octanol–water partition coefficient (Wildman–Crippen LogP) is 2.91. The summed E-state index contributed by atoms with van der Waals surface area (Å²) in [6.45, 7) is 6.96. The number of nitrogens with zero attached hydrogens (tertiary/aromatic N) is 1. The van der Waals surface area contributed by atoms with Gasteiger partial charge in [-0.05, 0) is 53.1 Å². The minimum Gasteiger partial charge on any atom is -0.379 e. The molecule has 1 saturated heterocycles. The van der Waals surface area contributed by atoms with E-state index in [1.54, 1.807) is 0 Å². The molecule has 1 fully saturated rings. The van der Waals surface area contributed by atoms with Crippen LogP contribution in [0.25, 0.3) is 0 Å². The molecule has 1 aliphatic rings. The number of halogens is 2. The number of morpholine rings is 1. The first-order valence-corrected chi connectivity index (χ1v) is 7.87. The van der Waals surface area contributed by atoms with Crippen molar-refractivity contribution >= 4 is 27.5 Å². The number of ether oxygens (including phenoxy) is 1. The standard InChI is InChI=1S/C14H20BrClN2O/c15-13-3-2-12(10-14(13)16)11-17-4-1-5-18-6-8-19-9-7-18/h2-3,10,17H,1,4-9,11H2. The van der Waals surface area contributed by atoms with E-state index in [4.69, 9.17) is 16.3 Å². The first-order chi connectivity index (χ1) is 9.25. The van der Waals surface area contributed by atoms with Crippen molar-refractivity contribution in [1.82, 2.24) is 10.2 Å². The summed E-state index contributed by atoms with van der Waals surface area (Å²) in [6, 6.07) is 6.08. The number of benzene rings is 1. The van der Waals surface area contributed by atoms with Gasteiger partial charge in [-0.25, -0.2) is 0 Å². The fourth-order valence-corrected chi connectivity index (χ4v) is 2.58. The van der Waals surface area contributed by atoms with Crippen LogP contribution in [0.5, 0.6) is 0 Å². The summed E-state index contributed by atoms with van der Waals surface area (Å²) in [4.78, 5) is 2.46. The third kappa shape index (κ3) is 5.40. The van der Waals surface area contributed by atoms with Crippen molar-refractivity contribution in [2.75, 3.05) is 39.4 Å². The molecular formula is C14H20BrClN2O. The Morgan fingerprint density at radius 3 is 2.84 bits per heavy atom. The summed E-state index contributed by atoms with van der Waals surface area (Å²) >= 11 is 9.46. The highest BCUT2D eigenvalue weighted by Crippen LogP contribution is 2.22. The topological polar surface area (TPSA) is 24.5 Å². The smallest absolute Gasteiger partial charge is 0.0594 e. The highest BCUT2D eigenvalue weighted by Gasteiger charge is 2.08. The second kappa shape index (κ2) is 8.22. The van der Waals surface area contributed by atoms with Crippen LogP contribution in [0, 0.1) is 0 Å². The van der Waals surface area contributed by atoms with Crippen LogP contribution in [0.15, 0.2) is 22.7 Å². The van der Waals surface area contributed by atoms with Crippen LogP contribution in [0.1, 0.15) is 12.0 Å². The molecule has 0 spiro atoms. The third-order valence-electron chi connectivity index (χ3n) is 3.24. The number of hydrogen-bond acceptors (Lipinski definition) is 3.